The van der Waals surface area contributed by atoms with Crippen molar-refractivity contribution >= 4 is 5.91 Å². The highest BCUT2D eigenvalue weighted by atomic mass is 16.7. The molecule has 0 bridgehead atoms. The first-order chi connectivity index (χ1) is 28.7. The number of carbonyl (C=O) groups excluding carboxylic acids is 1. The van der Waals surface area contributed by atoms with Gasteiger partial charge >= 0.3 is 0 Å². The molecule has 8 N–H and O–H groups in total. The summed E-state index contributed by atoms with van der Waals surface area (Å²) in [4.78, 5) is 13.1. The summed E-state index contributed by atoms with van der Waals surface area (Å²) in [5.41, 5.74) is 0. The number of amides is 1. The van der Waals surface area contributed by atoms with E-state index < -0.39 is 74.2 Å². The van der Waals surface area contributed by atoms with Crippen LogP contribution in [-0.2, 0) is 14.3 Å². The van der Waals surface area contributed by atoms with Crippen molar-refractivity contribution in [1.82, 2.24) is 5.32 Å². The van der Waals surface area contributed by atoms with Gasteiger partial charge in [-0.05, 0) is 12.8 Å². The molecule has 0 radical (unpaired) electrons. The Labute approximate surface area is 360 Å². The first kappa shape index (κ1) is 56.1. The van der Waals surface area contributed by atoms with Crippen LogP contribution in [0.2, 0.25) is 0 Å². The van der Waals surface area contributed by atoms with Crippen LogP contribution in [-0.4, -0.2) is 110 Å². The van der Waals surface area contributed by atoms with Crippen molar-refractivity contribution in [3.05, 3.63) is 0 Å². The monoisotopic (exact) mass is 846 g/mol. The van der Waals surface area contributed by atoms with Crippen LogP contribution in [0.3, 0.4) is 0 Å². The summed E-state index contributed by atoms with van der Waals surface area (Å²) in [7, 11) is 0. The van der Waals surface area contributed by atoms with Crippen molar-refractivity contribution in [2.24, 2.45) is 0 Å². The lowest BCUT2D eigenvalue weighted by Gasteiger charge is -2.40. The zero-order valence-electron chi connectivity index (χ0n) is 38.0. The largest absolute Gasteiger partial charge is 0.394 e. The topological polar surface area (TPSA) is 189 Å². The molecule has 352 valence electrons. The van der Waals surface area contributed by atoms with Crippen molar-refractivity contribution < 1.29 is 50.0 Å². The minimum absolute atomic E-state index is 0.266. The Morgan fingerprint density at radius 2 is 0.881 bits per heavy atom. The van der Waals surface area contributed by atoms with Crippen molar-refractivity contribution in [3.8, 4) is 0 Å². The molecule has 1 aliphatic rings. The molecule has 11 nitrogen and oxygen atoms in total. The molecule has 0 saturated carbocycles. The molecule has 1 rings (SSSR count). The van der Waals surface area contributed by atoms with E-state index in [0.717, 1.165) is 38.5 Å². The molecule has 59 heavy (non-hydrogen) atoms. The molecule has 0 aromatic rings. The third kappa shape index (κ3) is 28.4. The number of nitrogens with one attached hydrogen (secondary N) is 1. The smallest absolute Gasteiger partial charge is 0.249 e. The number of hydrogen-bond acceptors (Lipinski definition) is 10. The molecule has 11 heteroatoms. The van der Waals surface area contributed by atoms with Gasteiger partial charge in [-0.2, -0.15) is 0 Å². The van der Waals surface area contributed by atoms with Gasteiger partial charge in [0, 0.05) is 0 Å². The Kier molecular flexibility index (Phi) is 36.9. The number of rotatable bonds is 42. The van der Waals surface area contributed by atoms with Gasteiger partial charge in [0.2, 0.25) is 5.91 Å². The van der Waals surface area contributed by atoms with Crippen LogP contribution < -0.4 is 5.32 Å². The summed E-state index contributed by atoms with van der Waals surface area (Å²) < 4.78 is 11.1. The SMILES string of the molecule is CCCCCCCCCCCCCCCCCCCCC[C@@H](O)C(=O)N[C@@H](CO[C@@H]1O[C@H](CO)[C@@H](O)[C@H](O)[C@H]1O)[C@H](O)[C@H](O)CCCCCCCCCCCCCCC. The molecular weight excluding hydrogens is 751 g/mol. The molecule has 9 atom stereocenters. The van der Waals surface area contributed by atoms with Crippen LogP contribution in [0.15, 0.2) is 0 Å². The predicted molar refractivity (Wildman–Crippen MR) is 238 cm³/mol. The Morgan fingerprint density at radius 3 is 1.25 bits per heavy atom. The van der Waals surface area contributed by atoms with Crippen molar-refractivity contribution in [2.45, 2.75) is 287 Å². The third-order valence-corrected chi connectivity index (χ3v) is 12.4. The quantitative estimate of drug-likeness (QED) is 0.0276. The van der Waals surface area contributed by atoms with E-state index in [-0.39, 0.29) is 6.42 Å². The Bertz CT molecular complexity index is 928. The normalized spacial score (nSPS) is 21.7. The number of unbranched alkanes of at least 4 members (excludes halogenated alkanes) is 30. The van der Waals surface area contributed by atoms with Gasteiger partial charge in [0.15, 0.2) is 6.29 Å². The summed E-state index contributed by atoms with van der Waals surface area (Å²) in [6, 6.07) is -1.16. The van der Waals surface area contributed by atoms with Gasteiger partial charge in [0.1, 0.15) is 36.6 Å². The number of aliphatic hydroxyl groups is 7. The fraction of sp³-hybridized carbons (Fsp3) is 0.979. The van der Waals surface area contributed by atoms with E-state index in [1.165, 1.54) is 154 Å². The summed E-state index contributed by atoms with van der Waals surface area (Å²) in [5.74, 6) is -0.693. The summed E-state index contributed by atoms with van der Waals surface area (Å²) in [6.45, 7) is 3.46. The Balaban J connectivity index is 2.38. The van der Waals surface area contributed by atoms with Crippen LogP contribution in [0.1, 0.15) is 232 Å². The lowest BCUT2D eigenvalue weighted by Crippen LogP contribution is -2.60. The van der Waals surface area contributed by atoms with Crippen LogP contribution in [0.25, 0.3) is 0 Å². The predicted octanol–water partition coefficient (Wildman–Crippen LogP) is 8.67. The lowest BCUT2D eigenvalue weighted by molar-refractivity contribution is -0.303. The van der Waals surface area contributed by atoms with E-state index in [1.807, 2.05) is 0 Å². The molecule has 1 heterocycles. The number of ether oxygens (including phenoxy) is 2. The standard InChI is InChI=1S/C48H95NO10/c1-3-5-7-9-11-13-15-17-18-19-20-21-22-24-26-28-30-32-34-36-41(52)47(57)49-39(38-58-48-46(56)45(55)44(54)42(37-50)59-48)43(53)40(51)35-33-31-29-27-25-23-16-14-12-10-8-6-4-2/h39-46,48,50-56H,3-38H2,1-2H3,(H,49,57)/t39-,40+,41+,42+,43-,44+,45-,46+,48+/m0/s1. The molecule has 1 aliphatic heterocycles. The van der Waals surface area contributed by atoms with Gasteiger partial charge in [-0.25, -0.2) is 0 Å². The number of hydrogen-bond donors (Lipinski definition) is 8. The van der Waals surface area contributed by atoms with E-state index in [9.17, 15) is 40.5 Å². The van der Waals surface area contributed by atoms with E-state index >= 15 is 0 Å². The molecule has 0 aromatic heterocycles. The molecule has 1 amide bonds. The molecule has 1 fully saturated rings. The summed E-state index contributed by atoms with van der Waals surface area (Å²) in [6.07, 6.45) is 28.6. The van der Waals surface area contributed by atoms with Gasteiger partial charge in [-0.1, -0.05) is 219 Å². The molecule has 1 saturated heterocycles. The van der Waals surface area contributed by atoms with E-state index in [2.05, 4.69) is 19.2 Å². The maximum atomic E-state index is 13.1. The third-order valence-electron chi connectivity index (χ3n) is 12.4. The fourth-order valence-electron chi connectivity index (χ4n) is 8.27. The Morgan fingerprint density at radius 1 is 0.525 bits per heavy atom. The zero-order valence-corrected chi connectivity index (χ0v) is 38.0. The molecular formula is C48H95NO10. The Hall–Kier alpha value is -0.890. The maximum absolute atomic E-state index is 13.1. The highest BCUT2D eigenvalue weighted by Crippen LogP contribution is 2.23. The zero-order chi connectivity index (χ0) is 43.4. The average molecular weight is 846 g/mol. The molecule has 0 aliphatic carbocycles. The van der Waals surface area contributed by atoms with Crippen molar-refractivity contribution in [1.29, 1.82) is 0 Å². The lowest BCUT2D eigenvalue weighted by atomic mass is 9.98. The molecule has 0 unspecified atom stereocenters. The highest BCUT2D eigenvalue weighted by molar-refractivity contribution is 5.80. The maximum Gasteiger partial charge on any atom is 0.249 e. The van der Waals surface area contributed by atoms with Crippen molar-refractivity contribution in [3.63, 3.8) is 0 Å². The van der Waals surface area contributed by atoms with Crippen LogP contribution in [0, 0.1) is 0 Å². The number of aliphatic hydroxyl groups excluding tert-OH is 7. The van der Waals surface area contributed by atoms with Gasteiger partial charge < -0.3 is 50.5 Å². The number of carbonyl (C=O) groups is 1. The molecule has 0 spiro atoms. The van der Waals surface area contributed by atoms with E-state index in [4.69, 9.17) is 9.47 Å². The van der Waals surface area contributed by atoms with Crippen molar-refractivity contribution in [2.75, 3.05) is 13.2 Å². The van der Waals surface area contributed by atoms with Crippen LogP contribution in [0.5, 0.6) is 0 Å². The first-order valence-corrected chi connectivity index (χ1v) is 24.9. The average Bonchev–Trinajstić information content (AvgIpc) is 3.23. The van der Waals surface area contributed by atoms with E-state index in [1.54, 1.807) is 0 Å². The molecule has 0 aromatic carbocycles. The first-order valence-electron chi connectivity index (χ1n) is 24.9. The highest BCUT2D eigenvalue weighted by Gasteiger charge is 2.44. The van der Waals surface area contributed by atoms with Gasteiger partial charge in [0.05, 0.1) is 25.4 Å². The van der Waals surface area contributed by atoms with Crippen LogP contribution in [0.4, 0.5) is 0 Å². The summed E-state index contributed by atoms with van der Waals surface area (Å²) in [5, 5.41) is 75.8. The van der Waals surface area contributed by atoms with Gasteiger partial charge in [0.25, 0.3) is 0 Å². The van der Waals surface area contributed by atoms with Crippen LogP contribution >= 0.6 is 0 Å². The minimum atomic E-state index is -1.66. The van der Waals surface area contributed by atoms with Gasteiger partial charge in [-0.3, -0.25) is 4.79 Å². The van der Waals surface area contributed by atoms with E-state index in [0.29, 0.717) is 19.3 Å². The second-order valence-corrected chi connectivity index (χ2v) is 17.9. The summed E-state index contributed by atoms with van der Waals surface area (Å²) >= 11 is 0. The second-order valence-electron chi connectivity index (χ2n) is 17.9. The van der Waals surface area contributed by atoms with Gasteiger partial charge in [-0.15, -0.1) is 0 Å². The fourth-order valence-corrected chi connectivity index (χ4v) is 8.27. The minimum Gasteiger partial charge on any atom is -0.394 e. The second kappa shape index (κ2) is 38.8.